The van der Waals surface area contributed by atoms with E-state index in [0.717, 1.165) is 0 Å². The average molecular weight is 323 g/mol. The maximum atomic E-state index is 9.63. The summed E-state index contributed by atoms with van der Waals surface area (Å²) < 4.78 is 22.2. The van der Waals surface area contributed by atoms with E-state index in [1.807, 2.05) is 0 Å². The quantitative estimate of drug-likeness (QED) is 0.298. The Kier molecular flexibility index (Phi) is 11.1. The molecular weight excluding hydrogens is 316 g/mol. The summed E-state index contributed by atoms with van der Waals surface area (Å²) >= 11 is 0. The van der Waals surface area contributed by atoms with E-state index in [9.17, 15) is 9.13 Å². The normalized spacial score (nSPS) is 11.3. The van der Waals surface area contributed by atoms with Crippen molar-refractivity contribution in [2.75, 3.05) is 0 Å². The van der Waals surface area contributed by atoms with Crippen LogP contribution in [-0.2, 0) is 13.4 Å². The molecule has 0 aliphatic rings. The van der Waals surface area contributed by atoms with Crippen LogP contribution in [0.25, 0.3) is 0 Å². The standard InChI is InChI=1S/Na.H4O7P2.Sn.3H/c;1-8(2,3)7-9(4,5)6;;;;/h;(H2,1,2,3)(H2,4,5,6);;;;/q+1;;;;;-1. The van der Waals surface area contributed by atoms with Gasteiger partial charge in [-0.25, -0.2) is 9.13 Å². The zero-order valence-electron chi connectivity index (χ0n) is 6.62. The van der Waals surface area contributed by atoms with Crippen LogP contribution in [0.3, 0.4) is 0 Å². The van der Waals surface area contributed by atoms with Crippen molar-refractivity contribution in [3.8, 4) is 0 Å². The minimum absolute atomic E-state index is 0. The molecule has 4 N–H and O–H groups in total. The first kappa shape index (κ1) is 18.8. The van der Waals surface area contributed by atoms with Crippen LogP contribution in [0.1, 0.15) is 1.43 Å². The first-order valence-electron chi connectivity index (χ1n) is 1.53. The molecule has 7 nitrogen and oxygen atoms in total. The molecule has 0 aromatic heterocycles. The van der Waals surface area contributed by atoms with Gasteiger partial charge in [-0.15, -0.1) is 0 Å². The number of hydrogen-bond acceptors (Lipinski definition) is 3. The van der Waals surface area contributed by atoms with Gasteiger partial charge in [-0.2, -0.15) is 4.31 Å². The molecule has 0 rings (SSSR count). The third-order valence-corrected chi connectivity index (χ3v) is 1.91. The van der Waals surface area contributed by atoms with Crippen LogP contribution in [0.5, 0.6) is 0 Å². The molecule has 0 bridgehead atoms. The van der Waals surface area contributed by atoms with E-state index in [1.165, 1.54) is 0 Å². The van der Waals surface area contributed by atoms with Crippen molar-refractivity contribution in [2.45, 2.75) is 0 Å². The molecule has 0 aliphatic heterocycles. The Bertz CT molecular complexity index is 162. The molecule has 0 unspecified atom stereocenters. The van der Waals surface area contributed by atoms with Crippen LogP contribution in [-0.4, -0.2) is 43.5 Å². The number of rotatable bonds is 2. The van der Waals surface area contributed by atoms with Crippen LogP contribution >= 0.6 is 15.6 Å². The van der Waals surface area contributed by atoms with Crippen molar-refractivity contribution >= 4 is 39.6 Å². The van der Waals surface area contributed by atoms with E-state index in [2.05, 4.69) is 4.31 Å². The first-order valence-corrected chi connectivity index (χ1v) is 4.59. The van der Waals surface area contributed by atoms with Gasteiger partial charge in [0.15, 0.2) is 0 Å². The van der Waals surface area contributed by atoms with E-state index < -0.39 is 15.6 Å². The van der Waals surface area contributed by atoms with Gasteiger partial charge >= 0.3 is 69.1 Å². The SMILES string of the molecule is O=P(O)(O)OP(=O)(O)O.[H-].[Na+].[SnH2]. The molecule has 0 aromatic carbocycles. The van der Waals surface area contributed by atoms with E-state index in [1.54, 1.807) is 0 Å². The Hall–Kier alpha value is 2.06. The van der Waals surface area contributed by atoms with Crippen LogP contribution in [0.2, 0.25) is 0 Å². The second-order valence-corrected chi connectivity index (χ2v) is 3.68. The van der Waals surface area contributed by atoms with Crippen molar-refractivity contribution < 1.29 is 64.0 Å². The van der Waals surface area contributed by atoms with Gasteiger partial charge in [0, 0.05) is 0 Å². The van der Waals surface area contributed by atoms with Gasteiger partial charge in [-0.1, -0.05) is 0 Å². The Morgan fingerprint density at radius 3 is 1.18 bits per heavy atom. The predicted octanol–water partition coefficient (Wildman–Crippen LogP) is -4.61. The second-order valence-electron chi connectivity index (χ2n) is 1.06. The monoisotopic (exact) mass is 324 g/mol. The van der Waals surface area contributed by atoms with Gasteiger partial charge in [-0.05, 0) is 0 Å². The number of phosphoric acid groups is 2. The van der Waals surface area contributed by atoms with Gasteiger partial charge in [0.1, 0.15) is 0 Å². The van der Waals surface area contributed by atoms with Gasteiger partial charge in [0.2, 0.25) is 0 Å². The average Bonchev–Trinajstić information content (AvgIpc) is 1.14. The molecule has 0 aliphatic carbocycles. The van der Waals surface area contributed by atoms with Gasteiger partial charge in [0.05, 0.1) is 0 Å². The van der Waals surface area contributed by atoms with Crippen molar-refractivity contribution in [1.82, 2.24) is 0 Å². The van der Waals surface area contributed by atoms with Crippen molar-refractivity contribution in [3.05, 3.63) is 0 Å². The summed E-state index contributed by atoms with van der Waals surface area (Å²) in [6.45, 7) is 0. The summed E-state index contributed by atoms with van der Waals surface area (Å²) in [7, 11) is -10.1. The van der Waals surface area contributed by atoms with Gasteiger partial charge < -0.3 is 21.0 Å². The Morgan fingerprint density at radius 1 is 1.00 bits per heavy atom. The zero-order chi connectivity index (χ0) is 7.71. The first-order chi connectivity index (χ1) is 3.71. The van der Waals surface area contributed by atoms with E-state index in [-0.39, 0.29) is 54.9 Å². The molecule has 0 saturated carbocycles. The van der Waals surface area contributed by atoms with E-state index >= 15 is 0 Å². The summed E-state index contributed by atoms with van der Waals surface area (Å²) in [6, 6.07) is 0. The minimum atomic E-state index is -5.05. The fraction of sp³-hybridized carbons (Fsp3) is 0. The van der Waals surface area contributed by atoms with Crippen molar-refractivity contribution in [3.63, 3.8) is 0 Å². The molecule has 0 heterocycles. The summed E-state index contributed by atoms with van der Waals surface area (Å²) in [6.07, 6.45) is 0. The van der Waals surface area contributed by atoms with Crippen LogP contribution in [0, 0.1) is 0 Å². The number of hydrogen-bond donors (Lipinski definition) is 4. The molecule has 11 heavy (non-hydrogen) atoms. The summed E-state index contributed by atoms with van der Waals surface area (Å²) in [5.41, 5.74) is 0. The summed E-state index contributed by atoms with van der Waals surface area (Å²) in [5.74, 6) is 0. The van der Waals surface area contributed by atoms with Gasteiger partial charge in [0.25, 0.3) is 0 Å². The molecule has 0 atom stereocenters. The molecule has 0 amide bonds. The van der Waals surface area contributed by atoms with Gasteiger partial charge in [-0.3, -0.25) is 0 Å². The Labute approximate surface area is 103 Å². The zero-order valence-corrected chi connectivity index (χ0v) is 13.4. The van der Waals surface area contributed by atoms with Crippen LogP contribution in [0.4, 0.5) is 0 Å². The molecule has 11 heteroatoms. The van der Waals surface area contributed by atoms with Crippen molar-refractivity contribution in [2.24, 2.45) is 0 Å². The fourth-order valence-corrected chi connectivity index (χ4v) is 1.25. The van der Waals surface area contributed by atoms with E-state index in [4.69, 9.17) is 19.6 Å². The summed E-state index contributed by atoms with van der Waals surface area (Å²) in [4.78, 5) is 31.0. The second kappa shape index (κ2) is 6.50. The molecular formula is H7NaO7P2Sn. The maximum absolute atomic E-state index is 9.63. The predicted molar refractivity (Wildman–Crippen MR) is 34.8 cm³/mol. The topological polar surface area (TPSA) is 124 Å². The van der Waals surface area contributed by atoms with Crippen LogP contribution < -0.4 is 29.6 Å². The van der Waals surface area contributed by atoms with Crippen molar-refractivity contribution in [1.29, 1.82) is 0 Å². The molecule has 0 aromatic rings. The molecule has 64 valence electrons. The molecule has 0 spiro atoms. The third kappa shape index (κ3) is 18.8. The molecule has 0 fully saturated rings. The summed E-state index contributed by atoms with van der Waals surface area (Å²) in [5, 5.41) is 0. The Morgan fingerprint density at radius 2 is 1.18 bits per heavy atom. The fourth-order valence-electron chi connectivity index (χ4n) is 0.139. The third-order valence-electron chi connectivity index (χ3n) is 0.213. The van der Waals surface area contributed by atoms with Crippen LogP contribution in [0.15, 0.2) is 0 Å². The molecule has 2 radical (unpaired) electrons. The molecule has 0 saturated heterocycles. The van der Waals surface area contributed by atoms with E-state index in [0.29, 0.717) is 0 Å². The Balaban J connectivity index is -0.000000107.